The monoisotopic (exact) mass is 314 g/mol. The molecule has 0 aromatic heterocycles. The number of piperazine rings is 1. The third kappa shape index (κ3) is 5.97. The molecule has 1 aromatic rings. The summed E-state index contributed by atoms with van der Waals surface area (Å²) in [5, 5.41) is 3.34. The lowest BCUT2D eigenvalue weighted by Crippen LogP contribution is -2.43. The van der Waals surface area contributed by atoms with E-state index in [2.05, 4.69) is 10.2 Å². The molecule has 2 nitrogen and oxygen atoms in total. The molecule has 1 aliphatic heterocycles. The van der Waals surface area contributed by atoms with Gasteiger partial charge in [0.1, 0.15) is 0 Å². The molecule has 0 radical (unpaired) electrons. The summed E-state index contributed by atoms with van der Waals surface area (Å²) < 4.78 is 37.4. The molecule has 1 N–H and O–H groups in total. The van der Waals surface area contributed by atoms with Gasteiger partial charge in [0.2, 0.25) is 0 Å². The molecule has 1 heterocycles. The third-order valence-electron chi connectivity index (χ3n) is 4.18. The van der Waals surface area contributed by atoms with Crippen LogP contribution in [0.5, 0.6) is 0 Å². The molecule has 1 saturated heterocycles. The molecule has 0 aliphatic carbocycles. The van der Waals surface area contributed by atoms with Gasteiger partial charge < -0.3 is 10.2 Å². The lowest BCUT2D eigenvalue weighted by atomic mass is 10.0. The normalized spacial score (nSPS) is 16.9. The summed E-state index contributed by atoms with van der Waals surface area (Å²) >= 11 is 0. The van der Waals surface area contributed by atoms with E-state index < -0.39 is 11.7 Å². The van der Waals surface area contributed by atoms with Crippen molar-refractivity contribution < 1.29 is 13.2 Å². The number of nitrogens with zero attached hydrogens (tertiary/aromatic N) is 1. The van der Waals surface area contributed by atoms with Crippen molar-refractivity contribution in [1.82, 2.24) is 10.2 Å². The molecule has 0 atom stereocenters. The van der Waals surface area contributed by atoms with Gasteiger partial charge in [0.25, 0.3) is 0 Å². The van der Waals surface area contributed by atoms with E-state index in [1.807, 2.05) is 0 Å². The van der Waals surface area contributed by atoms with Gasteiger partial charge in [0.05, 0.1) is 5.56 Å². The minimum absolute atomic E-state index is 0.563. The van der Waals surface area contributed by atoms with Crippen LogP contribution >= 0.6 is 0 Å². The summed E-state index contributed by atoms with van der Waals surface area (Å²) in [6.07, 6.45) is 1.24. The van der Waals surface area contributed by atoms with E-state index in [1.54, 1.807) is 12.1 Å². The van der Waals surface area contributed by atoms with E-state index in [0.29, 0.717) is 0 Å². The SMILES string of the molecule is FC(F)(F)c1ccc(CCCCCCN2CCNCC2)cc1. The van der Waals surface area contributed by atoms with Gasteiger partial charge in [-0.3, -0.25) is 0 Å². The van der Waals surface area contributed by atoms with Gasteiger partial charge in [-0.25, -0.2) is 0 Å². The van der Waals surface area contributed by atoms with Crippen molar-refractivity contribution >= 4 is 0 Å². The summed E-state index contributed by atoms with van der Waals surface area (Å²) in [6, 6.07) is 5.56. The predicted molar refractivity (Wildman–Crippen MR) is 82.9 cm³/mol. The molecule has 0 amide bonds. The molecule has 5 heteroatoms. The first-order chi connectivity index (χ1) is 10.6. The Balaban J connectivity index is 1.56. The average Bonchev–Trinajstić information content (AvgIpc) is 2.51. The summed E-state index contributed by atoms with van der Waals surface area (Å²) in [5.74, 6) is 0. The first kappa shape index (κ1) is 17.3. The Bertz CT molecular complexity index is 423. The van der Waals surface area contributed by atoms with Crippen LogP contribution in [0.2, 0.25) is 0 Å². The van der Waals surface area contributed by atoms with Gasteiger partial charge in [0.15, 0.2) is 0 Å². The topological polar surface area (TPSA) is 15.3 Å². The summed E-state index contributed by atoms with van der Waals surface area (Å²) in [5.41, 5.74) is 0.433. The highest BCUT2D eigenvalue weighted by molar-refractivity contribution is 5.24. The van der Waals surface area contributed by atoms with Crippen LogP contribution in [0.1, 0.15) is 36.8 Å². The Morgan fingerprint density at radius 3 is 2.18 bits per heavy atom. The van der Waals surface area contributed by atoms with Gasteiger partial charge in [0, 0.05) is 26.2 Å². The summed E-state index contributed by atoms with van der Waals surface area (Å²) in [7, 11) is 0. The molecule has 1 aromatic carbocycles. The maximum Gasteiger partial charge on any atom is 0.416 e. The quantitative estimate of drug-likeness (QED) is 0.772. The first-order valence-corrected chi connectivity index (χ1v) is 8.15. The van der Waals surface area contributed by atoms with E-state index in [0.717, 1.165) is 51.0 Å². The summed E-state index contributed by atoms with van der Waals surface area (Å²) in [4.78, 5) is 2.49. The van der Waals surface area contributed by atoms with Crippen molar-refractivity contribution in [3.05, 3.63) is 35.4 Å². The largest absolute Gasteiger partial charge is 0.416 e. The van der Waals surface area contributed by atoms with Crippen LogP contribution in [-0.2, 0) is 12.6 Å². The van der Waals surface area contributed by atoms with Gasteiger partial charge in [-0.05, 0) is 43.5 Å². The van der Waals surface area contributed by atoms with Crippen molar-refractivity contribution in [2.45, 2.75) is 38.3 Å². The number of rotatable bonds is 7. The fourth-order valence-corrected chi connectivity index (χ4v) is 2.81. The standard InChI is InChI=1S/C17H25F3N2/c18-17(19,20)16-8-6-15(7-9-16)5-3-1-2-4-12-22-13-10-21-11-14-22/h6-9,21H,1-5,10-14H2. The lowest BCUT2D eigenvalue weighted by molar-refractivity contribution is -0.137. The second-order valence-electron chi connectivity index (χ2n) is 5.95. The molecule has 124 valence electrons. The zero-order chi connectivity index (χ0) is 15.8. The second kappa shape index (κ2) is 8.53. The number of unbranched alkanes of at least 4 members (excludes halogenated alkanes) is 3. The molecule has 1 aliphatic rings. The maximum absolute atomic E-state index is 12.5. The van der Waals surface area contributed by atoms with E-state index in [9.17, 15) is 13.2 Å². The average molecular weight is 314 g/mol. The number of aryl methyl sites for hydroxylation is 1. The molecule has 0 bridgehead atoms. The molecule has 0 spiro atoms. The number of nitrogens with one attached hydrogen (secondary N) is 1. The van der Waals surface area contributed by atoms with Crippen LogP contribution in [0, 0.1) is 0 Å². The zero-order valence-corrected chi connectivity index (χ0v) is 13.0. The van der Waals surface area contributed by atoms with Crippen LogP contribution in [-0.4, -0.2) is 37.6 Å². The van der Waals surface area contributed by atoms with Crippen LogP contribution in [0.15, 0.2) is 24.3 Å². The molecular formula is C17H25F3N2. The number of benzene rings is 1. The van der Waals surface area contributed by atoms with Gasteiger partial charge in [-0.1, -0.05) is 25.0 Å². The number of alkyl halides is 3. The van der Waals surface area contributed by atoms with Gasteiger partial charge in [-0.2, -0.15) is 13.2 Å². The van der Waals surface area contributed by atoms with E-state index >= 15 is 0 Å². The Hall–Kier alpha value is -1.07. The van der Waals surface area contributed by atoms with Crippen molar-refractivity contribution in [2.75, 3.05) is 32.7 Å². The second-order valence-corrected chi connectivity index (χ2v) is 5.95. The highest BCUT2D eigenvalue weighted by atomic mass is 19.4. The lowest BCUT2D eigenvalue weighted by Gasteiger charge is -2.27. The fourth-order valence-electron chi connectivity index (χ4n) is 2.81. The molecular weight excluding hydrogens is 289 g/mol. The third-order valence-corrected chi connectivity index (χ3v) is 4.18. The van der Waals surface area contributed by atoms with E-state index in [1.165, 1.54) is 31.5 Å². The molecule has 22 heavy (non-hydrogen) atoms. The fraction of sp³-hybridized carbons (Fsp3) is 0.647. The minimum Gasteiger partial charge on any atom is -0.314 e. The van der Waals surface area contributed by atoms with Crippen molar-refractivity contribution in [3.63, 3.8) is 0 Å². The Kier molecular flexibility index (Phi) is 6.70. The number of halogens is 3. The summed E-state index contributed by atoms with van der Waals surface area (Å²) in [6.45, 7) is 5.64. The maximum atomic E-state index is 12.5. The van der Waals surface area contributed by atoms with E-state index in [-0.39, 0.29) is 0 Å². The van der Waals surface area contributed by atoms with Crippen LogP contribution < -0.4 is 5.32 Å². The highest BCUT2D eigenvalue weighted by Crippen LogP contribution is 2.29. The van der Waals surface area contributed by atoms with Crippen LogP contribution in [0.25, 0.3) is 0 Å². The predicted octanol–water partition coefficient (Wildman–Crippen LogP) is 3.71. The molecule has 1 fully saturated rings. The molecule has 0 saturated carbocycles. The minimum atomic E-state index is -4.23. The van der Waals surface area contributed by atoms with Gasteiger partial charge >= 0.3 is 6.18 Å². The zero-order valence-electron chi connectivity index (χ0n) is 13.0. The Morgan fingerprint density at radius 2 is 1.55 bits per heavy atom. The van der Waals surface area contributed by atoms with Crippen molar-refractivity contribution in [1.29, 1.82) is 0 Å². The van der Waals surface area contributed by atoms with Gasteiger partial charge in [-0.15, -0.1) is 0 Å². The smallest absolute Gasteiger partial charge is 0.314 e. The van der Waals surface area contributed by atoms with Crippen LogP contribution in [0.4, 0.5) is 13.2 Å². The Labute approximate surface area is 130 Å². The highest BCUT2D eigenvalue weighted by Gasteiger charge is 2.29. The molecule has 2 rings (SSSR count). The number of hydrogen-bond donors (Lipinski definition) is 1. The van der Waals surface area contributed by atoms with E-state index in [4.69, 9.17) is 0 Å². The van der Waals surface area contributed by atoms with Crippen molar-refractivity contribution in [3.8, 4) is 0 Å². The number of hydrogen-bond acceptors (Lipinski definition) is 2. The Morgan fingerprint density at radius 1 is 0.909 bits per heavy atom. The first-order valence-electron chi connectivity index (χ1n) is 8.15. The van der Waals surface area contributed by atoms with Crippen LogP contribution in [0.3, 0.4) is 0 Å². The molecule has 0 unspecified atom stereocenters. The van der Waals surface area contributed by atoms with Crippen molar-refractivity contribution in [2.24, 2.45) is 0 Å².